The van der Waals surface area contributed by atoms with Gasteiger partial charge in [-0.25, -0.2) is 4.79 Å². The topological polar surface area (TPSA) is 88.6 Å². The van der Waals surface area contributed by atoms with E-state index < -0.39 is 28.6 Å². The average Bonchev–Trinajstić information content (AvgIpc) is 2.92. The molecule has 1 aliphatic rings. The molecule has 1 saturated heterocycles. The van der Waals surface area contributed by atoms with E-state index in [0.29, 0.717) is 13.0 Å². The van der Waals surface area contributed by atoms with Crippen molar-refractivity contribution in [3.8, 4) is 0 Å². The van der Waals surface area contributed by atoms with Crippen molar-refractivity contribution >= 4 is 22.5 Å². The van der Waals surface area contributed by atoms with Crippen LogP contribution in [-0.2, 0) is 13.6 Å². The number of anilines is 1. The summed E-state index contributed by atoms with van der Waals surface area (Å²) >= 11 is 0. The van der Waals surface area contributed by atoms with E-state index in [1.165, 1.54) is 4.57 Å². The first-order valence-electron chi connectivity index (χ1n) is 10.8. The maximum absolute atomic E-state index is 12.4. The molecule has 2 heterocycles. The Morgan fingerprint density at radius 2 is 1.70 bits per heavy atom. The van der Waals surface area contributed by atoms with Crippen molar-refractivity contribution in [3.05, 3.63) is 22.7 Å². The first kappa shape index (κ1) is 25.3. The summed E-state index contributed by atoms with van der Waals surface area (Å²) < 4.78 is 21.0. The Kier molecular flexibility index (Phi) is 7.15. The summed E-state index contributed by atoms with van der Waals surface area (Å²) in [6, 6.07) is 1.62. The van der Waals surface area contributed by atoms with Gasteiger partial charge in [0.2, 0.25) is 0 Å². The minimum Gasteiger partial charge on any atom is -0.414 e. The van der Waals surface area contributed by atoms with Crippen molar-refractivity contribution in [3.63, 3.8) is 0 Å². The number of ether oxygens (including phenoxy) is 1. The second kappa shape index (κ2) is 8.50. The fraction of sp³-hybridized carbons (Fsp3) is 0.810. The highest BCUT2D eigenvalue weighted by Gasteiger charge is 2.46. The normalized spacial score (nSPS) is 23.7. The molecule has 1 aromatic heterocycles. The lowest BCUT2D eigenvalue weighted by Crippen LogP contribution is -2.48. The van der Waals surface area contributed by atoms with Gasteiger partial charge in [-0.3, -0.25) is 4.57 Å². The van der Waals surface area contributed by atoms with E-state index in [4.69, 9.17) is 19.3 Å². The minimum atomic E-state index is -2.02. The van der Waals surface area contributed by atoms with E-state index in [-0.39, 0.29) is 28.1 Å². The number of hydrogen-bond acceptors (Lipinski definition) is 6. The first-order valence-corrected chi connectivity index (χ1v) is 16.6. The highest BCUT2D eigenvalue weighted by atomic mass is 28.4. The fourth-order valence-electron chi connectivity index (χ4n) is 2.85. The maximum Gasteiger partial charge on any atom is 0.351 e. The minimum absolute atomic E-state index is 0.0789. The van der Waals surface area contributed by atoms with Gasteiger partial charge in [-0.05, 0) is 42.3 Å². The lowest BCUT2D eigenvalue weighted by Gasteiger charge is -2.40. The van der Waals surface area contributed by atoms with Crippen LogP contribution in [0.25, 0.3) is 0 Å². The molecule has 7 nitrogen and oxygen atoms in total. The monoisotopic (exact) mass is 455 g/mol. The molecule has 0 spiro atoms. The van der Waals surface area contributed by atoms with E-state index in [9.17, 15) is 4.79 Å². The molecule has 3 atom stereocenters. The second-order valence-electron chi connectivity index (χ2n) is 11.4. The van der Waals surface area contributed by atoms with E-state index in [0.717, 1.165) is 0 Å². The van der Waals surface area contributed by atoms with Crippen molar-refractivity contribution in [2.75, 3.05) is 12.3 Å². The largest absolute Gasteiger partial charge is 0.414 e. The van der Waals surface area contributed by atoms with Gasteiger partial charge in [-0.2, -0.15) is 4.98 Å². The first-order chi connectivity index (χ1) is 13.4. The smallest absolute Gasteiger partial charge is 0.351 e. The van der Waals surface area contributed by atoms with Crippen molar-refractivity contribution in [2.45, 2.75) is 103 Å². The van der Waals surface area contributed by atoms with E-state index >= 15 is 0 Å². The van der Waals surface area contributed by atoms with Gasteiger partial charge in [0.25, 0.3) is 0 Å². The van der Waals surface area contributed by atoms with Crippen LogP contribution in [0.3, 0.4) is 0 Å². The molecule has 1 fully saturated rings. The molecule has 0 saturated carbocycles. The van der Waals surface area contributed by atoms with Crippen molar-refractivity contribution in [2.24, 2.45) is 0 Å². The summed E-state index contributed by atoms with van der Waals surface area (Å²) in [6.45, 7) is 22.7. The summed E-state index contributed by atoms with van der Waals surface area (Å²) in [4.78, 5) is 16.2. The van der Waals surface area contributed by atoms with Crippen molar-refractivity contribution < 1.29 is 13.6 Å². The standard InChI is InChI=1S/C21H41N3O4Si2/c1-20(2,3)29(7,8)26-14-16-15(28-30(9,10)21(4,5)6)13-18(27-16)24-12-11-17(22)23-19(24)25/h11-12,15-16,18H,13-14H2,1-10H3,(H2,22,23,25). The van der Waals surface area contributed by atoms with Crippen molar-refractivity contribution in [1.82, 2.24) is 9.55 Å². The van der Waals surface area contributed by atoms with E-state index in [2.05, 4.69) is 72.7 Å². The van der Waals surface area contributed by atoms with Gasteiger partial charge in [0.15, 0.2) is 16.6 Å². The SMILES string of the molecule is CC(C)(C)[Si](C)(C)OCC1OC(n2ccc(N)nc2=O)CC1O[Si](C)(C)C(C)(C)C. The van der Waals surface area contributed by atoms with E-state index in [1.54, 1.807) is 12.3 Å². The average molecular weight is 456 g/mol. The molecule has 0 bridgehead atoms. The summed E-state index contributed by atoms with van der Waals surface area (Å²) in [7, 11) is -3.96. The molecule has 1 aromatic rings. The van der Waals surface area contributed by atoms with Crippen LogP contribution in [0.5, 0.6) is 0 Å². The molecule has 3 unspecified atom stereocenters. The molecular formula is C21H41N3O4Si2. The van der Waals surface area contributed by atoms with Gasteiger partial charge in [0.1, 0.15) is 18.1 Å². The van der Waals surface area contributed by atoms with Gasteiger partial charge in [-0.15, -0.1) is 0 Å². The van der Waals surface area contributed by atoms with Crippen LogP contribution in [0.15, 0.2) is 17.1 Å². The Labute approximate surface area is 183 Å². The van der Waals surface area contributed by atoms with Gasteiger partial charge in [0, 0.05) is 12.6 Å². The lowest BCUT2D eigenvalue weighted by molar-refractivity contribution is -0.0411. The molecular weight excluding hydrogens is 414 g/mol. The van der Waals surface area contributed by atoms with Crippen molar-refractivity contribution in [1.29, 1.82) is 0 Å². The summed E-state index contributed by atoms with van der Waals surface area (Å²) in [5.74, 6) is 0.209. The Balaban J connectivity index is 2.27. The Hall–Kier alpha value is -1.01. The molecule has 0 aliphatic carbocycles. The van der Waals surface area contributed by atoms with Crippen LogP contribution in [0.4, 0.5) is 5.82 Å². The number of nitrogen functional groups attached to an aromatic ring is 1. The predicted molar refractivity (Wildman–Crippen MR) is 127 cm³/mol. The molecule has 9 heteroatoms. The Morgan fingerprint density at radius 1 is 1.13 bits per heavy atom. The highest BCUT2D eigenvalue weighted by molar-refractivity contribution is 6.74. The van der Waals surface area contributed by atoms with E-state index in [1.807, 2.05) is 0 Å². The Morgan fingerprint density at radius 3 is 2.20 bits per heavy atom. The molecule has 0 amide bonds. The van der Waals surface area contributed by atoms with Gasteiger partial charge < -0.3 is 19.3 Å². The fourth-order valence-corrected chi connectivity index (χ4v) is 5.22. The number of aromatic nitrogens is 2. The van der Waals surface area contributed by atoms with Crippen LogP contribution >= 0.6 is 0 Å². The second-order valence-corrected chi connectivity index (χ2v) is 21.0. The van der Waals surface area contributed by atoms with Crippen LogP contribution < -0.4 is 11.4 Å². The van der Waals surface area contributed by atoms with Crippen LogP contribution in [-0.4, -0.2) is 45.0 Å². The number of nitrogens with two attached hydrogens (primary N) is 1. The summed E-state index contributed by atoms with van der Waals surface area (Å²) in [5, 5.41) is 0.189. The molecule has 172 valence electrons. The maximum atomic E-state index is 12.4. The number of hydrogen-bond donors (Lipinski definition) is 1. The van der Waals surface area contributed by atoms with Crippen LogP contribution in [0.1, 0.15) is 54.2 Å². The van der Waals surface area contributed by atoms with Gasteiger partial charge in [0.05, 0.1) is 12.7 Å². The molecule has 2 N–H and O–H groups in total. The zero-order chi connectivity index (χ0) is 23.1. The van der Waals surface area contributed by atoms with Crippen LogP contribution in [0, 0.1) is 0 Å². The number of rotatable bonds is 6. The molecule has 2 rings (SSSR count). The number of nitrogens with zero attached hydrogens (tertiary/aromatic N) is 2. The Bertz CT molecular complexity index is 797. The zero-order valence-electron chi connectivity index (χ0n) is 20.4. The van der Waals surface area contributed by atoms with Gasteiger partial charge >= 0.3 is 5.69 Å². The molecule has 0 aromatic carbocycles. The molecule has 1 aliphatic heterocycles. The summed E-state index contributed by atoms with van der Waals surface area (Å²) in [5.41, 5.74) is 5.24. The lowest BCUT2D eigenvalue weighted by atomic mass is 10.2. The third-order valence-electron chi connectivity index (χ3n) is 7.01. The zero-order valence-corrected chi connectivity index (χ0v) is 22.4. The van der Waals surface area contributed by atoms with Crippen LogP contribution in [0.2, 0.25) is 36.3 Å². The summed E-state index contributed by atoms with van der Waals surface area (Å²) in [6.07, 6.45) is 1.43. The third-order valence-corrected chi connectivity index (χ3v) is 16.0. The highest BCUT2D eigenvalue weighted by Crippen LogP contribution is 2.42. The third kappa shape index (κ3) is 5.61. The predicted octanol–water partition coefficient (Wildman–Crippen LogP) is 4.53. The molecule has 30 heavy (non-hydrogen) atoms. The quantitative estimate of drug-likeness (QED) is 0.634. The molecule has 0 radical (unpaired) electrons. The van der Waals surface area contributed by atoms with Gasteiger partial charge in [-0.1, -0.05) is 41.5 Å².